The Kier molecular flexibility index (Phi) is 1.83. The van der Waals surface area contributed by atoms with Crippen LogP contribution in [0.5, 0.6) is 0 Å². The van der Waals surface area contributed by atoms with Gasteiger partial charge in [-0.05, 0) is 24.7 Å². The fourth-order valence-corrected chi connectivity index (χ4v) is 2.46. The van der Waals surface area contributed by atoms with Crippen LogP contribution in [0.3, 0.4) is 0 Å². The van der Waals surface area contributed by atoms with Crippen molar-refractivity contribution >= 4 is 12.6 Å². The van der Waals surface area contributed by atoms with E-state index in [0.29, 0.717) is 11.8 Å². The highest BCUT2D eigenvalue weighted by Crippen LogP contribution is 2.42. The van der Waals surface area contributed by atoms with E-state index in [0.717, 1.165) is 25.4 Å². The highest BCUT2D eigenvalue weighted by atomic mass is 16.1. The standard InChI is InChI=1S/C10H12O2/c11-5-9-7-1-2-8(4-3-7)10(9)6-12/h1-2,5-10H,3-4H2. The normalized spacial score (nSPS) is 44.3. The van der Waals surface area contributed by atoms with Gasteiger partial charge in [0.05, 0.1) is 0 Å². The molecule has 2 heteroatoms. The van der Waals surface area contributed by atoms with Crippen LogP contribution in [0, 0.1) is 23.7 Å². The number of hydrogen-bond donors (Lipinski definition) is 0. The molecule has 4 atom stereocenters. The number of carbonyl (C=O) groups is 2. The lowest BCUT2D eigenvalue weighted by molar-refractivity contribution is -0.124. The molecule has 0 radical (unpaired) electrons. The van der Waals surface area contributed by atoms with E-state index >= 15 is 0 Å². The van der Waals surface area contributed by atoms with Gasteiger partial charge in [-0.1, -0.05) is 12.2 Å². The van der Waals surface area contributed by atoms with E-state index in [1.807, 2.05) is 0 Å². The van der Waals surface area contributed by atoms with Gasteiger partial charge in [0, 0.05) is 11.8 Å². The van der Waals surface area contributed by atoms with Crippen molar-refractivity contribution in [3.63, 3.8) is 0 Å². The van der Waals surface area contributed by atoms with Crippen molar-refractivity contribution in [2.24, 2.45) is 23.7 Å². The van der Waals surface area contributed by atoms with E-state index in [9.17, 15) is 9.59 Å². The summed E-state index contributed by atoms with van der Waals surface area (Å²) in [5.41, 5.74) is 0. The number of allylic oxidation sites excluding steroid dienone is 2. The van der Waals surface area contributed by atoms with Crippen molar-refractivity contribution in [3.05, 3.63) is 12.2 Å². The maximum Gasteiger partial charge on any atom is 0.124 e. The van der Waals surface area contributed by atoms with Crippen LogP contribution in [0.15, 0.2) is 12.2 Å². The molecule has 4 unspecified atom stereocenters. The SMILES string of the molecule is O=CC1C2C=CC(CC2)C1C=O. The Morgan fingerprint density at radius 3 is 1.58 bits per heavy atom. The minimum Gasteiger partial charge on any atom is -0.303 e. The Bertz CT molecular complexity index is 208. The number of carbonyl (C=O) groups excluding carboxylic acids is 2. The van der Waals surface area contributed by atoms with Crippen molar-refractivity contribution in [2.75, 3.05) is 0 Å². The van der Waals surface area contributed by atoms with Gasteiger partial charge in [-0.2, -0.15) is 0 Å². The molecule has 2 nitrogen and oxygen atoms in total. The molecule has 2 bridgehead atoms. The van der Waals surface area contributed by atoms with Crippen LogP contribution < -0.4 is 0 Å². The molecule has 0 spiro atoms. The summed E-state index contributed by atoms with van der Waals surface area (Å²) in [6, 6.07) is 0. The smallest absolute Gasteiger partial charge is 0.124 e. The molecule has 0 saturated heterocycles. The fraction of sp³-hybridized carbons (Fsp3) is 0.600. The minimum atomic E-state index is -0.0359. The summed E-state index contributed by atoms with van der Waals surface area (Å²) in [6.07, 6.45) is 8.28. The van der Waals surface area contributed by atoms with Gasteiger partial charge in [-0.15, -0.1) is 0 Å². The maximum atomic E-state index is 10.7. The van der Waals surface area contributed by atoms with Crippen LogP contribution in [-0.2, 0) is 9.59 Å². The molecular formula is C10H12O2. The quantitative estimate of drug-likeness (QED) is 0.454. The summed E-state index contributed by atoms with van der Waals surface area (Å²) in [5.74, 6) is 0.600. The third-order valence-corrected chi connectivity index (χ3v) is 3.19. The summed E-state index contributed by atoms with van der Waals surface area (Å²) in [7, 11) is 0. The highest BCUT2D eigenvalue weighted by molar-refractivity contribution is 5.67. The number of rotatable bonds is 2. The Balaban J connectivity index is 2.29. The number of aldehydes is 2. The van der Waals surface area contributed by atoms with Gasteiger partial charge in [0.15, 0.2) is 0 Å². The summed E-state index contributed by atoms with van der Waals surface area (Å²) in [5, 5.41) is 0. The molecule has 1 fully saturated rings. The van der Waals surface area contributed by atoms with Gasteiger partial charge in [-0.3, -0.25) is 0 Å². The van der Waals surface area contributed by atoms with Gasteiger partial charge >= 0.3 is 0 Å². The average Bonchev–Trinajstić information content (AvgIpc) is 2.18. The largest absolute Gasteiger partial charge is 0.303 e. The minimum absolute atomic E-state index is 0.0359. The average molecular weight is 164 g/mol. The molecule has 3 aliphatic rings. The van der Waals surface area contributed by atoms with Crippen molar-refractivity contribution in [1.82, 2.24) is 0 Å². The second-order valence-electron chi connectivity index (χ2n) is 3.72. The molecule has 64 valence electrons. The van der Waals surface area contributed by atoms with Crippen molar-refractivity contribution in [1.29, 1.82) is 0 Å². The monoisotopic (exact) mass is 164 g/mol. The molecule has 3 rings (SSSR count). The Morgan fingerprint density at radius 1 is 0.917 bits per heavy atom. The van der Waals surface area contributed by atoms with Gasteiger partial charge in [-0.25, -0.2) is 0 Å². The van der Waals surface area contributed by atoms with Crippen LogP contribution in [0.2, 0.25) is 0 Å². The molecule has 3 aliphatic carbocycles. The lowest BCUT2D eigenvalue weighted by atomic mass is 9.63. The molecule has 0 aromatic carbocycles. The summed E-state index contributed by atoms with van der Waals surface area (Å²) in [6.45, 7) is 0. The molecule has 0 N–H and O–H groups in total. The Hall–Kier alpha value is -0.920. The van der Waals surface area contributed by atoms with Crippen LogP contribution in [0.1, 0.15) is 12.8 Å². The van der Waals surface area contributed by atoms with Crippen molar-refractivity contribution < 1.29 is 9.59 Å². The zero-order valence-electron chi connectivity index (χ0n) is 6.85. The van der Waals surface area contributed by atoms with E-state index in [1.54, 1.807) is 0 Å². The van der Waals surface area contributed by atoms with Gasteiger partial charge in [0.1, 0.15) is 12.6 Å². The fourth-order valence-electron chi connectivity index (χ4n) is 2.46. The summed E-state index contributed by atoms with van der Waals surface area (Å²) in [4.78, 5) is 21.5. The second kappa shape index (κ2) is 2.85. The third-order valence-electron chi connectivity index (χ3n) is 3.19. The molecule has 0 heterocycles. The first kappa shape index (κ1) is 7.71. The molecule has 12 heavy (non-hydrogen) atoms. The first-order chi connectivity index (χ1) is 5.86. The van der Waals surface area contributed by atoms with Crippen LogP contribution in [-0.4, -0.2) is 12.6 Å². The van der Waals surface area contributed by atoms with E-state index in [4.69, 9.17) is 0 Å². The molecule has 0 aliphatic heterocycles. The van der Waals surface area contributed by atoms with E-state index < -0.39 is 0 Å². The first-order valence-electron chi connectivity index (χ1n) is 4.45. The van der Waals surface area contributed by atoms with Crippen molar-refractivity contribution in [3.8, 4) is 0 Å². The van der Waals surface area contributed by atoms with Crippen molar-refractivity contribution in [2.45, 2.75) is 12.8 Å². The zero-order valence-corrected chi connectivity index (χ0v) is 6.85. The number of hydrogen-bond acceptors (Lipinski definition) is 2. The van der Waals surface area contributed by atoms with Crippen LogP contribution in [0.25, 0.3) is 0 Å². The van der Waals surface area contributed by atoms with E-state index in [1.165, 1.54) is 0 Å². The topological polar surface area (TPSA) is 34.1 Å². The first-order valence-corrected chi connectivity index (χ1v) is 4.45. The van der Waals surface area contributed by atoms with Crippen LogP contribution >= 0.6 is 0 Å². The summed E-state index contributed by atoms with van der Waals surface area (Å²) >= 11 is 0. The van der Waals surface area contributed by atoms with E-state index in [2.05, 4.69) is 12.2 Å². The Morgan fingerprint density at radius 2 is 1.33 bits per heavy atom. The lowest BCUT2D eigenvalue weighted by Crippen LogP contribution is -2.38. The second-order valence-corrected chi connectivity index (χ2v) is 3.72. The number of fused-ring (bicyclic) bond motifs is 2. The molecule has 1 saturated carbocycles. The van der Waals surface area contributed by atoms with Gasteiger partial charge in [0.2, 0.25) is 0 Å². The predicted molar refractivity (Wildman–Crippen MR) is 44.5 cm³/mol. The zero-order chi connectivity index (χ0) is 8.55. The van der Waals surface area contributed by atoms with Gasteiger partial charge < -0.3 is 9.59 Å². The highest BCUT2D eigenvalue weighted by Gasteiger charge is 2.40. The maximum absolute atomic E-state index is 10.7. The molecule has 0 aromatic heterocycles. The molecule has 0 aromatic rings. The third kappa shape index (κ3) is 0.942. The molecular weight excluding hydrogens is 152 g/mol. The van der Waals surface area contributed by atoms with Crippen LogP contribution in [0.4, 0.5) is 0 Å². The molecule has 0 amide bonds. The lowest BCUT2D eigenvalue weighted by Gasteiger charge is -2.39. The Labute approximate surface area is 71.6 Å². The predicted octanol–water partition coefficient (Wildman–Crippen LogP) is 1.21. The van der Waals surface area contributed by atoms with Gasteiger partial charge in [0.25, 0.3) is 0 Å². The summed E-state index contributed by atoms with van der Waals surface area (Å²) < 4.78 is 0. The van der Waals surface area contributed by atoms with E-state index in [-0.39, 0.29) is 11.8 Å².